The molecule has 0 spiro atoms. The summed E-state index contributed by atoms with van der Waals surface area (Å²) in [5.41, 5.74) is 10.2. The molecule has 0 aliphatic heterocycles. The highest BCUT2D eigenvalue weighted by Gasteiger charge is 2.06. The lowest BCUT2D eigenvalue weighted by atomic mass is 10.1. The molecule has 2 aromatic carbocycles. The fourth-order valence-corrected chi connectivity index (χ4v) is 2.37. The van der Waals surface area contributed by atoms with E-state index in [1.54, 1.807) is 0 Å². The van der Waals surface area contributed by atoms with Gasteiger partial charge in [-0.1, -0.05) is 35.9 Å². The number of aryl methyl sites for hydroxylation is 1. The Morgan fingerprint density at radius 1 is 1.10 bits per heavy atom. The van der Waals surface area contributed by atoms with Gasteiger partial charge in [-0.05, 0) is 30.7 Å². The van der Waals surface area contributed by atoms with Crippen LogP contribution in [0.25, 0.3) is 11.4 Å². The summed E-state index contributed by atoms with van der Waals surface area (Å²) in [5.74, 6) is 0.983. The third kappa shape index (κ3) is 2.57. The first-order valence-electron chi connectivity index (χ1n) is 6.65. The van der Waals surface area contributed by atoms with Crippen molar-refractivity contribution < 1.29 is 0 Å². The third-order valence-corrected chi connectivity index (χ3v) is 3.30. The van der Waals surface area contributed by atoms with Gasteiger partial charge in [-0.3, -0.25) is 0 Å². The molecule has 0 atom stereocenters. The number of benzene rings is 2. The van der Waals surface area contributed by atoms with Crippen molar-refractivity contribution in [3.63, 3.8) is 0 Å². The van der Waals surface area contributed by atoms with Crippen LogP contribution in [0.4, 0.5) is 5.69 Å². The van der Waals surface area contributed by atoms with E-state index < -0.39 is 0 Å². The molecule has 3 nitrogen and oxygen atoms in total. The SMILES string of the molecule is Cc1cccc(-c2nccn2Cc2cccc(N)c2)c1. The Bertz CT molecular complexity index is 728. The van der Waals surface area contributed by atoms with Gasteiger partial charge in [-0.25, -0.2) is 4.98 Å². The second kappa shape index (κ2) is 5.21. The van der Waals surface area contributed by atoms with Crippen LogP contribution in [0.15, 0.2) is 60.9 Å². The summed E-state index contributed by atoms with van der Waals surface area (Å²) < 4.78 is 2.14. The highest BCUT2D eigenvalue weighted by Crippen LogP contribution is 2.20. The van der Waals surface area contributed by atoms with Gasteiger partial charge in [0.05, 0.1) is 0 Å². The van der Waals surface area contributed by atoms with E-state index in [4.69, 9.17) is 5.73 Å². The first kappa shape index (κ1) is 12.5. The molecule has 1 aromatic heterocycles. The number of nitrogens with zero attached hydrogens (tertiary/aromatic N) is 2. The predicted octanol–water partition coefficient (Wildman–Crippen LogP) is 3.49. The average molecular weight is 263 g/mol. The van der Waals surface area contributed by atoms with Gasteiger partial charge in [0.25, 0.3) is 0 Å². The summed E-state index contributed by atoms with van der Waals surface area (Å²) in [7, 11) is 0. The van der Waals surface area contributed by atoms with Crippen LogP contribution < -0.4 is 5.73 Å². The summed E-state index contributed by atoms with van der Waals surface area (Å²) >= 11 is 0. The summed E-state index contributed by atoms with van der Waals surface area (Å²) in [6.45, 7) is 2.86. The van der Waals surface area contributed by atoms with Gasteiger partial charge in [0.1, 0.15) is 5.82 Å². The molecule has 0 fully saturated rings. The Kier molecular flexibility index (Phi) is 3.25. The lowest BCUT2D eigenvalue weighted by Gasteiger charge is -2.09. The standard InChI is InChI=1S/C17H17N3/c1-13-4-2-6-15(10-13)17-19-8-9-20(17)12-14-5-3-7-16(18)11-14/h2-11H,12,18H2,1H3. The number of nitrogen functional groups attached to an aromatic ring is 1. The number of hydrogen-bond acceptors (Lipinski definition) is 2. The predicted molar refractivity (Wildman–Crippen MR) is 82.4 cm³/mol. The Morgan fingerprint density at radius 3 is 2.75 bits per heavy atom. The number of aromatic nitrogens is 2. The molecule has 0 saturated carbocycles. The Balaban J connectivity index is 1.94. The minimum Gasteiger partial charge on any atom is -0.399 e. The molecule has 0 saturated heterocycles. The second-order valence-corrected chi connectivity index (χ2v) is 4.99. The fourth-order valence-electron chi connectivity index (χ4n) is 2.37. The summed E-state index contributed by atoms with van der Waals surface area (Å²) in [6, 6.07) is 16.4. The lowest BCUT2D eigenvalue weighted by Crippen LogP contribution is -2.01. The lowest BCUT2D eigenvalue weighted by molar-refractivity contribution is 0.807. The normalized spacial score (nSPS) is 10.7. The van der Waals surface area contributed by atoms with Crippen LogP contribution in [-0.2, 0) is 6.54 Å². The van der Waals surface area contributed by atoms with Crippen molar-refractivity contribution in [2.24, 2.45) is 0 Å². The quantitative estimate of drug-likeness (QED) is 0.735. The van der Waals surface area contributed by atoms with Crippen molar-refractivity contribution in [1.29, 1.82) is 0 Å². The summed E-state index contributed by atoms with van der Waals surface area (Å²) in [4.78, 5) is 4.48. The maximum absolute atomic E-state index is 5.83. The minimum absolute atomic E-state index is 0.772. The number of hydrogen-bond donors (Lipinski definition) is 1. The third-order valence-electron chi connectivity index (χ3n) is 3.30. The van der Waals surface area contributed by atoms with Crippen molar-refractivity contribution in [2.75, 3.05) is 5.73 Å². The molecule has 2 N–H and O–H groups in total. The smallest absolute Gasteiger partial charge is 0.140 e. The van der Waals surface area contributed by atoms with E-state index in [-0.39, 0.29) is 0 Å². The topological polar surface area (TPSA) is 43.8 Å². The van der Waals surface area contributed by atoms with Gasteiger partial charge < -0.3 is 10.3 Å². The maximum Gasteiger partial charge on any atom is 0.140 e. The van der Waals surface area contributed by atoms with Crippen molar-refractivity contribution in [2.45, 2.75) is 13.5 Å². The molecule has 20 heavy (non-hydrogen) atoms. The Labute approximate surface area is 118 Å². The molecule has 0 aliphatic rings. The zero-order chi connectivity index (χ0) is 13.9. The van der Waals surface area contributed by atoms with Gasteiger partial charge in [0.15, 0.2) is 0 Å². The van der Waals surface area contributed by atoms with Crippen LogP contribution in [0.5, 0.6) is 0 Å². The average Bonchev–Trinajstić information content (AvgIpc) is 2.87. The van der Waals surface area contributed by atoms with E-state index in [2.05, 4.69) is 46.8 Å². The van der Waals surface area contributed by atoms with Crippen LogP contribution in [0.3, 0.4) is 0 Å². The molecule has 0 bridgehead atoms. The zero-order valence-electron chi connectivity index (χ0n) is 11.5. The van der Waals surface area contributed by atoms with Gasteiger partial charge in [0, 0.05) is 30.2 Å². The molecule has 3 heteroatoms. The number of anilines is 1. The Morgan fingerprint density at radius 2 is 1.95 bits per heavy atom. The van der Waals surface area contributed by atoms with Crippen molar-refractivity contribution in [3.05, 3.63) is 72.1 Å². The van der Waals surface area contributed by atoms with Crippen molar-refractivity contribution in [3.8, 4) is 11.4 Å². The van der Waals surface area contributed by atoms with E-state index in [1.165, 1.54) is 11.1 Å². The zero-order valence-corrected chi connectivity index (χ0v) is 11.5. The molecule has 100 valence electrons. The highest BCUT2D eigenvalue weighted by atomic mass is 15.1. The molecule has 0 radical (unpaired) electrons. The molecule has 1 heterocycles. The van der Waals surface area contributed by atoms with Gasteiger partial charge >= 0.3 is 0 Å². The molecule has 0 unspecified atom stereocenters. The monoisotopic (exact) mass is 263 g/mol. The van der Waals surface area contributed by atoms with Crippen molar-refractivity contribution >= 4 is 5.69 Å². The van der Waals surface area contributed by atoms with Crippen LogP contribution in [0, 0.1) is 6.92 Å². The largest absolute Gasteiger partial charge is 0.399 e. The molecular weight excluding hydrogens is 246 g/mol. The van der Waals surface area contributed by atoms with Crippen LogP contribution in [0.2, 0.25) is 0 Å². The minimum atomic E-state index is 0.772. The summed E-state index contributed by atoms with van der Waals surface area (Å²) in [6.07, 6.45) is 3.84. The number of imidazole rings is 1. The van der Waals surface area contributed by atoms with Gasteiger partial charge in [-0.2, -0.15) is 0 Å². The van der Waals surface area contributed by atoms with E-state index in [1.807, 2.05) is 30.6 Å². The summed E-state index contributed by atoms with van der Waals surface area (Å²) in [5, 5.41) is 0. The van der Waals surface area contributed by atoms with Crippen LogP contribution >= 0.6 is 0 Å². The molecule has 0 aliphatic carbocycles. The first-order chi connectivity index (χ1) is 9.72. The van der Waals surface area contributed by atoms with Crippen molar-refractivity contribution in [1.82, 2.24) is 9.55 Å². The maximum atomic E-state index is 5.83. The number of nitrogens with two attached hydrogens (primary N) is 1. The van der Waals surface area contributed by atoms with E-state index in [0.717, 1.165) is 23.6 Å². The number of rotatable bonds is 3. The molecule has 3 aromatic rings. The molecular formula is C17H17N3. The van der Waals surface area contributed by atoms with Crippen LogP contribution in [-0.4, -0.2) is 9.55 Å². The van der Waals surface area contributed by atoms with E-state index in [9.17, 15) is 0 Å². The van der Waals surface area contributed by atoms with E-state index >= 15 is 0 Å². The molecule has 3 rings (SSSR count). The van der Waals surface area contributed by atoms with Crippen LogP contribution in [0.1, 0.15) is 11.1 Å². The second-order valence-electron chi connectivity index (χ2n) is 4.99. The highest BCUT2D eigenvalue weighted by molar-refractivity contribution is 5.57. The molecule has 0 amide bonds. The Hall–Kier alpha value is -2.55. The fraction of sp³-hybridized carbons (Fsp3) is 0.118. The first-order valence-corrected chi connectivity index (χ1v) is 6.65. The van der Waals surface area contributed by atoms with Gasteiger partial charge in [-0.15, -0.1) is 0 Å². The van der Waals surface area contributed by atoms with E-state index in [0.29, 0.717) is 0 Å². The van der Waals surface area contributed by atoms with Gasteiger partial charge in [0.2, 0.25) is 0 Å².